The van der Waals surface area contributed by atoms with Gasteiger partial charge in [0, 0.05) is 13.0 Å². The molecule has 18 heavy (non-hydrogen) atoms. The number of anilines is 1. The summed E-state index contributed by atoms with van der Waals surface area (Å²) >= 11 is 0. The number of aromatic amines is 1. The number of hydrogen-bond acceptors (Lipinski definition) is 6. The lowest BCUT2D eigenvalue weighted by atomic mass is 10.2. The number of hydrogen-bond donors (Lipinski definition) is 4. The van der Waals surface area contributed by atoms with Crippen LogP contribution in [0.4, 0.5) is 5.95 Å². The molecule has 0 aliphatic rings. The quantitative estimate of drug-likeness (QED) is 0.520. The zero-order valence-corrected chi connectivity index (χ0v) is 9.20. The van der Waals surface area contributed by atoms with Crippen LogP contribution in [0.2, 0.25) is 0 Å². The molecule has 2 aromatic rings. The molecule has 0 aromatic carbocycles. The fourth-order valence-electron chi connectivity index (χ4n) is 1.52. The van der Waals surface area contributed by atoms with Gasteiger partial charge in [0.25, 0.3) is 5.56 Å². The average Bonchev–Trinajstić information content (AvgIpc) is 2.69. The third kappa shape index (κ3) is 2.15. The first-order valence-corrected chi connectivity index (χ1v) is 5.10. The van der Waals surface area contributed by atoms with Crippen molar-refractivity contribution in [1.29, 1.82) is 0 Å². The Labute approximate surface area is 99.9 Å². The SMILES string of the molecule is Nc1nc2c(ncn2CCC(O)C(=O)O)c(=O)[nH]1. The van der Waals surface area contributed by atoms with E-state index in [9.17, 15) is 9.59 Å². The Morgan fingerprint density at radius 2 is 2.33 bits per heavy atom. The van der Waals surface area contributed by atoms with Crippen LogP contribution in [0.1, 0.15) is 6.42 Å². The van der Waals surface area contributed by atoms with Gasteiger partial charge in [-0.05, 0) is 0 Å². The Hall–Kier alpha value is -2.42. The summed E-state index contributed by atoms with van der Waals surface area (Å²) in [5.74, 6) is -1.35. The van der Waals surface area contributed by atoms with Gasteiger partial charge in [-0.3, -0.25) is 9.78 Å². The van der Waals surface area contributed by atoms with E-state index in [0.717, 1.165) is 0 Å². The van der Waals surface area contributed by atoms with Gasteiger partial charge in [-0.15, -0.1) is 0 Å². The molecule has 0 aliphatic carbocycles. The molecule has 2 aromatic heterocycles. The molecular formula is C9H11N5O4. The molecule has 0 aliphatic heterocycles. The first-order chi connectivity index (χ1) is 8.49. The highest BCUT2D eigenvalue weighted by Gasteiger charge is 2.15. The van der Waals surface area contributed by atoms with E-state index in [0.29, 0.717) is 0 Å². The van der Waals surface area contributed by atoms with Crippen molar-refractivity contribution in [3.05, 3.63) is 16.7 Å². The maximum absolute atomic E-state index is 11.5. The van der Waals surface area contributed by atoms with Gasteiger partial charge in [0.1, 0.15) is 0 Å². The number of rotatable bonds is 4. The maximum atomic E-state index is 11.5. The predicted molar refractivity (Wildman–Crippen MR) is 60.8 cm³/mol. The van der Waals surface area contributed by atoms with Crippen LogP contribution in [0.15, 0.2) is 11.1 Å². The lowest BCUT2D eigenvalue weighted by molar-refractivity contribution is -0.147. The van der Waals surface area contributed by atoms with E-state index in [1.54, 1.807) is 0 Å². The second-order valence-corrected chi connectivity index (χ2v) is 3.70. The topological polar surface area (TPSA) is 147 Å². The molecule has 96 valence electrons. The van der Waals surface area contributed by atoms with E-state index in [-0.39, 0.29) is 30.1 Å². The van der Waals surface area contributed by atoms with Crippen molar-refractivity contribution in [2.45, 2.75) is 19.1 Å². The number of nitrogen functional groups attached to an aromatic ring is 1. The summed E-state index contributed by atoms with van der Waals surface area (Å²) < 4.78 is 1.47. The van der Waals surface area contributed by atoms with E-state index in [2.05, 4.69) is 15.0 Å². The summed E-state index contributed by atoms with van der Waals surface area (Å²) in [7, 11) is 0. The summed E-state index contributed by atoms with van der Waals surface area (Å²) in [6.07, 6.45) is -0.141. The summed E-state index contributed by atoms with van der Waals surface area (Å²) in [6.45, 7) is 0.167. The second kappa shape index (κ2) is 4.45. The second-order valence-electron chi connectivity index (χ2n) is 3.70. The molecule has 0 saturated heterocycles. The van der Waals surface area contributed by atoms with Crippen molar-refractivity contribution in [2.75, 3.05) is 5.73 Å². The Morgan fingerprint density at radius 1 is 1.61 bits per heavy atom. The van der Waals surface area contributed by atoms with Crippen LogP contribution in [0.25, 0.3) is 11.2 Å². The van der Waals surface area contributed by atoms with Gasteiger partial charge in [-0.2, -0.15) is 4.98 Å². The number of nitrogens with one attached hydrogen (secondary N) is 1. The van der Waals surface area contributed by atoms with Crippen LogP contribution in [0.5, 0.6) is 0 Å². The molecule has 9 heteroatoms. The summed E-state index contributed by atoms with van der Waals surface area (Å²) in [5.41, 5.74) is 5.32. The number of aliphatic hydroxyl groups is 1. The number of nitrogens with two attached hydrogens (primary N) is 1. The predicted octanol–water partition coefficient (Wildman–Crippen LogP) is -1.46. The largest absolute Gasteiger partial charge is 0.479 e. The molecule has 0 amide bonds. The minimum Gasteiger partial charge on any atom is -0.479 e. The Balaban J connectivity index is 2.30. The minimum absolute atomic E-state index is 0.0187. The van der Waals surface area contributed by atoms with E-state index < -0.39 is 17.6 Å². The highest BCUT2D eigenvalue weighted by Crippen LogP contribution is 2.08. The van der Waals surface area contributed by atoms with Crippen LogP contribution in [0, 0.1) is 0 Å². The number of aromatic nitrogens is 4. The molecule has 2 rings (SSSR count). The molecule has 0 radical (unpaired) electrons. The fraction of sp³-hybridized carbons (Fsp3) is 0.333. The van der Waals surface area contributed by atoms with Gasteiger partial charge >= 0.3 is 5.97 Å². The van der Waals surface area contributed by atoms with Crippen molar-refractivity contribution in [3.63, 3.8) is 0 Å². The lowest BCUT2D eigenvalue weighted by Gasteiger charge is -2.06. The average molecular weight is 253 g/mol. The molecule has 2 heterocycles. The molecule has 5 N–H and O–H groups in total. The van der Waals surface area contributed by atoms with Crippen LogP contribution in [-0.2, 0) is 11.3 Å². The highest BCUT2D eigenvalue weighted by atomic mass is 16.4. The van der Waals surface area contributed by atoms with Gasteiger partial charge in [-0.1, -0.05) is 0 Å². The first kappa shape index (κ1) is 12.0. The third-order valence-corrected chi connectivity index (χ3v) is 2.42. The lowest BCUT2D eigenvalue weighted by Crippen LogP contribution is -2.21. The number of nitrogens with zero attached hydrogens (tertiary/aromatic N) is 3. The van der Waals surface area contributed by atoms with Crippen molar-refractivity contribution in [3.8, 4) is 0 Å². The molecular weight excluding hydrogens is 242 g/mol. The van der Waals surface area contributed by atoms with Crippen LogP contribution < -0.4 is 11.3 Å². The van der Waals surface area contributed by atoms with Gasteiger partial charge in [0.2, 0.25) is 5.95 Å². The molecule has 1 atom stereocenters. The smallest absolute Gasteiger partial charge is 0.332 e. The zero-order valence-electron chi connectivity index (χ0n) is 9.20. The fourth-order valence-corrected chi connectivity index (χ4v) is 1.52. The van der Waals surface area contributed by atoms with Crippen molar-refractivity contribution >= 4 is 23.1 Å². The standard InChI is InChI=1S/C9H11N5O4/c10-9-12-6-5(7(16)13-9)11-3-14(6)2-1-4(15)8(17)18/h3-4,15H,1-2H2,(H,17,18)(H3,10,12,13,16). The Bertz CT molecular complexity index is 646. The molecule has 9 nitrogen and oxygen atoms in total. The molecule has 0 bridgehead atoms. The molecule has 0 spiro atoms. The normalized spacial score (nSPS) is 12.7. The monoisotopic (exact) mass is 253 g/mol. The summed E-state index contributed by atoms with van der Waals surface area (Å²) in [4.78, 5) is 32.0. The number of fused-ring (bicyclic) bond motifs is 1. The number of aliphatic carboxylic acids is 1. The van der Waals surface area contributed by atoms with Gasteiger partial charge < -0.3 is 20.5 Å². The highest BCUT2D eigenvalue weighted by molar-refractivity contribution is 5.72. The van der Waals surface area contributed by atoms with E-state index in [4.69, 9.17) is 15.9 Å². The van der Waals surface area contributed by atoms with Gasteiger partial charge in [0.05, 0.1) is 6.33 Å². The number of aryl methyl sites for hydroxylation is 1. The van der Waals surface area contributed by atoms with Crippen LogP contribution in [0.3, 0.4) is 0 Å². The van der Waals surface area contributed by atoms with E-state index >= 15 is 0 Å². The maximum Gasteiger partial charge on any atom is 0.332 e. The van der Waals surface area contributed by atoms with Crippen molar-refractivity contribution in [2.24, 2.45) is 0 Å². The number of carboxylic acid groups (broad SMARTS) is 1. The Kier molecular flexibility index (Phi) is 2.98. The molecule has 1 unspecified atom stereocenters. The number of aliphatic hydroxyl groups excluding tert-OH is 1. The van der Waals surface area contributed by atoms with Gasteiger partial charge in [-0.25, -0.2) is 9.78 Å². The number of imidazole rings is 1. The van der Waals surface area contributed by atoms with E-state index in [1.807, 2.05) is 0 Å². The van der Waals surface area contributed by atoms with Crippen molar-refractivity contribution in [1.82, 2.24) is 19.5 Å². The molecule has 0 saturated carbocycles. The number of H-pyrrole nitrogens is 1. The van der Waals surface area contributed by atoms with Crippen LogP contribution in [-0.4, -0.2) is 41.8 Å². The summed E-state index contributed by atoms with van der Waals surface area (Å²) in [5, 5.41) is 17.7. The third-order valence-electron chi connectivity index (χ3n) is 2.42. The first-order valence-electron chi connectivity index (χ1n) is 5.10. The van der Waals surface area contributed by atoms with Gasteiger partial charge in [0.15, 0.2) is 17.3 Å². The summed E-state index contributed by atoms with van der Waals surface area (Å²) in [6, 6.07) is 0. The minimum atomic E-state index is -1.47. The molecule has 0 fully saturated rings. The Morgan fingerprint density at radius 3 is 3.00 bits per heavy atom. The van der Waals surface area contributed by atoms with Crippen LogP contribution >= 0.6 is 0 Å². The van der Waals surface area contributed by atoms with Crippen molar-refractivity contribution < 1.29 is 15.0 Å². The van der Waals surface area contributed by atoms with E-state index in [1.165, 1.54) is 10.9 Å². The zero-order chi connectivity index (χ0) is 13.3. The number of carboxylic acids is 1. The number of carbonyl (C=O) groups is 1.